The van der Waals surface area contributed by atoms with E-state index in [1.807, 2.05) is 6.92 Å². The van der Waals surface area contributed by atoms with Crippen LogP contribution in [0.25, 0.3) is 10.2 Å². The van der Waals surface area contributed by atoms with Crippen molar-refractivity contribution in [3.8, 4) is 5.75 Å². The van der Waals surface area contributed by atoms with Gasteiger partial charge in [0.15, 0.2) is 5.13 Å². The number of rotatable bonds is 5. The van der Waals surface area contributed by atoms with Crippen LogP contribution in [0.1, 0.15) is 6.92 Å². The second kappa shape index (κ2) is 6.29. The monoisotopic (exact) mass is 334 g/mol. The third kappa shape index (κ3) is 2.87. The summed E-state index contributed by atoms with van der Waals surface area (Å²) in [5, 5.41) is 0.188. The summed E-state index contributed by atoms with van der Waals surface area (Å²) >= 11 is 1.15. The van der Waals surface area contributed by atoms with Crippen molar-refractivity contribution < 1.29 is 18.3 Å². The number of ether oxygens (including phenoxy) is 1. The Hall–Kier alpha value is -2.54. The van der Waals surface area contributed by atoms with E-state index in [2.05, 4.69) is 4.98 Å². The Bertz CT molecular complexity index is 846. The van der Waals surface area contributed by atoms with Gasteiger partial charge in [0, 0.05) is 0 Å². The largest absolute Gasteiger partial charge is 0.494 e. The molecule has 0 atom stereocenters. The van der Waals surface area contributed by atoms with Crippen LogP contribution in [0.2, 0.25) is 0 Å². The van der Waals surface area contributed by atoms with Crippen LogP contribution in [0.5, 0.6) is 5.75 Å². The molecule has 0 N–H and O–H groups in total. The van der Waals surface area contributed by atoms with E-state index in [9.17, 15) is 13.6 Å². The van der Waals surface area contributed by atoms with Gasteiger partial charge in [-0.05, 0) is 37.3 Å². The number of fused-ring (bicyclic) bond motifs is 1. The molecule has 0 unspecified atom stereocenters. The Balaban J connectivity index is 2.08. The summed E-state index contributed by atoms with van der Waals surface area (Å²) < 4.78 is 34.0. The van der Waals surface area contributed by atoms with Gasteiger partial charge in [-0.3, -0.25) is 9.69 Å². The van der Waals surface area contributed by atoms with E-state index in [4.69, 9.17) is 4.74 Å². The predicted octanol–water partition coefficient (Wildman–Crippen LogP) is 4.27. The minimum Gasteiger partial charge on any atom is -0.494 e. The van der Waals surface area contributed by atoms with E-state index in [1.54, 1.807) is 18.2 Å². The van der Waals surface area contributed by atoms with E-state index in [1.165, 1.54) is 6.07 Å². The number of amides is 1. The summed E-state index contributed by atoms with van der Waals surface area (Å²) in [6, 6.07) is 8.70. The van der Waals surface area contributed by atoms with E-state index in [0.29, 0.717) is 24.3 Å². The smallest absolute Gasteiger partial charge is 0.220 e. The Morgan fingerprint density at radius 3 is 2.65 bits per heavy atom. The molecule has 0 aliphatic carbocycles. The van der Waals surface area contributed by atoms with Crippen LogP contribution in [0.3, 0.4) is 0 Å². The maximum Gasteiger partial charge on any atom is 0.220 e. The number of halogens is 2. The van der Waals surface area contributed by atoms with Gasteiger partial charge in [0.25, 0.3) is 0 Å². The van der Waals surface area contributed by atoms with Crippen molar-refractivity contribution in [1.82, 2.24) is 4.98 Å². The fourth-order valence-corrected chi connectivity index (χ4v) is 3.13. The molecule has 118 valence electrons. The number of carbonyl (C=O) groups is 1. The normalized spacial score (nSPS) is 10.7. The molecule has 0 saturated heterocycles. The van der Waals surface area contributed by atoms with E-state index >= 15 is 0 Å². The lowest BCUT2D eigenvalue weighted by molar-refractivity contribution is -0.106. The van der Waals surface area contributed by atoms with Crippen LogP contribution >= 0.6 is 11.3 Å². The van der Waals surface area contributed by atoms with Crippen LogP contribution in [0, 0.1) is 11.6 Å². The van der Waals surface area contributed by atoms with Crippen molar-refractivity contribution >= 4 is 38.8 Å². The highest BCUT2D eigenvalue weighted by Gasteiger charge is 2.21. The molecule has 3 rings (SSSR count). The molecule has 3 aromatic rings. The molecule has 23 heavy (non-hydrogen) atoms. The Morgan fingerprint density at radius 1 is 1.26 bits per heavy atom. The zero-order valence-electron chi connectivity index (χ0n) is 12.1. The van der Waals surface area contributed by atoms with Gasteiger partial charge in [-0.2, -0.15) is 0 Å². The zero-order valence-corrected chi connectivity index (χ0v) is 12.9. The highest BCUT2D eigenvalue weighted by molar-refractivity contribution is 7.22. The molecule has 0 radical (unpaired) electrons. The number of anilines is 2. The molecule has 4 nitrogen and oxygen atoms in total. The van der Waals surface area contributed by atoms with Crippen molar-refractivity contribution in [2.24, 2.45) is 0 Å². The van der Waals surface area contributed by atoms with Gasteiger partial charge in [0.1, 0.15) is 23.1 Å². The van der Waals surface area contributed by atoms with Crippen LogP contribution < -0.4 is 9.64 Å². The topological polar surface area (TPSA) is 42.4 Å². The summed E-state index contributed by atoms with van der Waals surface area (Å²) in [6.45, 7) is 2.40. The van der Waals surface area contributed by atoms with Gasteiger partial charge >= 0.3 is 0 Å². The maximum atomic E-state index is 13.9. The third-order valence-corrected chi connectivity index (χ3v) is 4.17. The molecular formula is C16H12F2N2O2S. The molecule has 1 aromatic heterocycles. The first-order valence-electron chi connectivity index (χ1n) is 6.86. The second-order valence-electron chi connectivity index (χ2n) is 4.60. The van der Waals surface area contributed by atoms with Crippen LogP contribution in [0.4, 0.5) is 19.6 Å². The summed E-state index contributed by atoms with van der Waals surface area (Å²) in [5.41, 5.74) is 0.184. The van der Waals surface area contributed by atoms with Gasteiger partial charge < -0.3 is 4.74 Å². The van der Waals surface area contributed by atoms with Gasteiger partial charge in [0.2, 0.25) is 6.41 Å². The Kier molecular flexibility index (Phi) is 4.20. The maximum absolute atomic E-state index is 13.9. The zero-order chi connectivity index (χ0) is 16.4. The molecule has 0 spiro atoms. The molecular weight excluding hydrogens is 322 g/mol. The molecule has 0 aliphatic heterocycles. The average Bonchev–Trinajstić information content (AvgIpc) is 2.94. The predicted molar refractivity (Wildman–Crippen MR) is 85.4 cm³/mol. The molecule has 0 fully saturated rings. The average molecular weight is 334 g/mol. The number of hydrogen-bond acceptors (Lipinski definition) is 4. The number of para-hydroxylation sites is 1. The lowest BCUT2D eigenvalue weighted by Crippen LogP contribution is -2.16. The van der Waals surface area contributed by atoms with E-state index in [0.717, 1.165) is 33.1 Å². The number of benzene rings is 2. The van der Waals surface area contributed by atoms with Crippen LogP contribution in [-0.2, 0) is 4.79 Å². The summed E-state index contributed by atoms with van der Waals surface area (Å²) in [6.07, 6.45) is 0.350. The van der Waals surface area contributed by atoms with Gasteiger partial charge in [-0.25, -0.2) is 13.8 Å². The molecule has 0 aliphatic rings. The quantitative estimate of drug-likeness (QED) is 0.655. The fraction of sp³-hybridized carbons (Fsp3) is 0.125. The van der Waals surface area contributed by atoms with Crippen molar-refractivity contribution in [3.05, 3.63) is 48.0 Å². The fourth-order valence-electron chi connectivity index (χ4n) is 2.16. The van der Waals surface area contributed by atoms with Gasteiger partial charge in [0.05, 0.1) is 16.8 Å². The van der Waals surface area contributed by atoms with E-state index in [-0.39, 0.29) is 5.13 Å². The number of hydrogen-bond donors (Lipinski definition) is 0. The van der Waals surface area contributed by atoms with Crippen LogP contribution in [0.15, 0.2) is 36.4 Å². The highest BCUT2D eigenvalue weighted by Crippen LogP contribution is 2.36. The standard InChI is InChI=1S/C16H12F2N2O2S/c1-2-22-10-6-7-13-14(8-10)23-16(19-13)20(9-21)15-11(17)4-3-5-12(15)18/h3-9H,2H2,1H3. The van der Waals surface area contributed by atoms with E-state index < -0.39 is 17.3 Å². The molecule has 1 heterocycles. The minimum absolute atomic E-state index is 0.188. The van der Waals surface area contributed by atoms with Crippen molar-refractivity contribution in [2.75, 3.05) is 11.5 Å². The van der Waals surface area contributed by atoms with Crippen molar-refractivity contribution in [1.29, 1.82) is 0 Å². The Morgan fingerprint density at radius 2 is 2.00 bits per heavy atom. The molecule has 0 saturated carbocycles. The lowest BCUT2D eigenvalue weighted by Gasteiger charge is -2.15. The number of nitrogens with zero attached hydrogens (tertiary/aromatic N) is 2. The number of aromatic nitrogens is 1. The Labute approximate surface area is 134 Å². The van der Waals surface area contributed by atoms with Crippen molar-refractivity contribution in [3.63, 3.8) is 0 Å². The SMILES string of the molecule is CCOc1ccc2nc(N(C=O)c3c(F)cccc3F)sc2c1. The summed E-state index contributed by atoms with van der Waals surface area (Å²) in [4.78, 5) is 16.5. The lowest BCUT2D eigenvalue weighted by atomic mass is 10.3. The van der Waals surface area contributed by atoms with Crippen molar-refractivity contribution in [2.45, 2.75) is 6.92 Å². The van der Waals surface area contributed by atoms with Gasteiger partial charge in [-0.1, -0.05) is 17.4 Å². The summed E-state index contributed by atoms with van der Waals surface area (Å²) in [7, 11) is 0. The third-order valence-electron chi connectivity index (χ3n) is 3.15. The highest BCUT2D eigenvalue weighted by atomic mass is 32.1. The number of thiazole rings is 1. The minimum atomic E-state index is -0.827. The van der Waals surface area contributed by atoms with Crippen LogP contribution in [-0.4, -0.2) is 18.0 Å². The molecule has 0 bridgehead atoms. The molecule has 7 heteroatoms. The molecule has 2 aromatic carbocycles. The molecule has 1 amide bonds. The first kappa shape index (κ1) is 15.4. The second-order valence-corrected chi connectivity index (χ2v) is 5.61. The first-order chi connectivity index (χ1) is 11.1. The van der Waals surface area contributed by atoms with Gasteiger partial charge in [-0.15, -0.1) is 0 Å². The summed E-state index contributed by atoms with van der Waals surface area (Å²) in [5.74, 6) is -0.984. The first-order valence-corrected chi connectivity index (χ1v) is 7.67. The number of carbonyl (C=O) groups excluding carboxylic acids is 1.